The van der Waals surface area contributed by atoms with Crippen molar-refractivity contribution in [1.29, 1.82) is 0 Å². The van der Waals surface area contributed by atoms with Gasteiger partial charge in [-0.3, -0.25) is 0 Å². The number of hydrogen-bond donors (Lipinski definition) is 1. The molecule has 4 nitrogen and oxygen atoms in total. The first-order chi connectivity index (χ1) is 7.59. The molecule has 0 radical (unpaired) electrons. The van der Waals surface area contributed by atoms with E-state index < -0.39 is 0 Å². The summed E-state index contributed by atoms with van der Waals surface area (Å²) in [5.41, 5.74) is 5.88. The Morgan fingerprint density at radius 3 is 2.69 bits per heavy atom. The van der Waals surface area contributed by atoms with E-state index in [1.807, 2.05) is 6.07 Å². The fraction of sp³-hybridized carbons (Fsp3) is 0.667. The first-order valence-corrected chi connectivity index (χ1v) is 5.80. The van der Waals surface area contributed by atoms with Crippen LogP contribution in [-0.2, 0) is 0 Å². The SMILES string of the molecule is CCCN(CC(C)(C)CN)c1ccncn1. The third kappa shape index (κ3) is 3.77. The molecule has 0 aliphatic carbocycles. The summed E-state index contributed by atoms with van der Waals surface area (Å²) in [6.07, 6.45) is 4.47. The summed E-state index contributed by atoms with van der Waals surface area (Å²) >= 11 is 0. The van der Waals surface area contributed by atoms with Gasteiger partial charge in [0.2, 0.25) is 0 Å². The van der Waals surface area contributed by atoms with Crippen molar-refractivity contribution < 1.29 is 0 Å². The molecule has 1 rings (SSSR count). The zero-order chi connectivity index (χ0) is 12.0. The van der Waals surface area contributed by atoms with Gasteiger partial charge >= 0.3 is 0 Å². The van der Waals surface area contributed by atoms with Gasteiger partial charge in [-0.2, -0.15) is 0 Å². The van der Waals surface area contributed by atoms with E-state index in [0.29, 0.717) is 6.54 Å². The molecule has 0 aliphatic heterocycles. The van der Waals surface area contributed by atoms with Crippen molar-refractivity contribution in [3.63, 3.8) is 0 Å². The highest BCUT2D eigenvalue weighted by Crippen LogP contribution is 2.19. The first-order valence-electron chi connectivity index (χ1n) is 5.80. The van der Waals surface area contributed by atoms with E-state index in [1.54, 1.807) is 12.5 Å². The number of nitrogens with zero attached hydrogens (tertiary/aromatic N) is 3. The monoisotopic (exact) mass is 222 g/mol. The molecule has 0 atom stereocenters. The van der Waals surface area contributed by atoms with Gasteiger partial charge in [-0.1, -0.05) is 20.8 Å². The molecule has 16 heavy (non-hydrogen) atoms. The van der Waals surface area contributed by atoms with Crippen LogP contribution < -0.4 is 10.6 Å². The minimum absolute atomic E-state index is 0.111. The zero-order valence-corrected chi connectivity index (χ0v) is 10.5. The lowest BCUT2D eigenvalue weighted by atomic mass is 9.93. The average Bonchev–Trinajstić information content (AvgIpc) is 2.29. The summed E-state index contributed by atoms with van der Waals surface area (Å²) in [7, 11) is 0. The Bertz CT molecular complexity index is 297. The molecule has 0 fully saturated rings. The summed E-state index contributed by atoms with van der Waals surface area (Å²) in [5.74, 6) is 0.985. The Morgan fingerprint density at radius 1 is 1.44 bits per heavy atom. The van der Waals surface area contributed by atoms with E-state index in [2.05, 4.69) is 35.6 Å². The van der Waals surface area contributed by atoms with Crippen LogP contribution in [0.5, 0.6) is 0 Å². The minimum atomic E-state index is 0.111. The van der Waals surface area contributed by atoms with Crippen LogP contribution in [0.25, 0.3) is 0 Å². The lowest BCUT2D eigenvalue weighted by Gasteiger charge is -2.32. The lowest BCUT2D eigenvalue weighted by Crippen LogP contribution is -2.39. The Hall–Kier alpha value is -1.16. The van der Waals surface area contributed by atoms with Gasteiger partial charge in [-0.25, -0.2) is 9.97 Å². The van der Waals surface area contributed by atoms with Gasteiger partial charge in [0, 0.05) is 19.3 Å². The van der Waals surface area contributed by atoms with E-state index in [0.717, 1.165) is 25.3 Å². The standard InChI is InChI=1S/C12H22N4/c1-4-7-16(9-12(2,3)8-13)11-5-6-14-10-15-11/h5-6,10H,4,7-9,13H2,1-3H3. The second kappa shape index (κ2) is 5.80. The number of nitrogens with two attached hydrogens (primary N) is 1. The van der Waals surface area contributed by atoms with E-state index in [4.69, 9.17) is 5.73 Å². The van der Waals surface area contributed by atoms with Crippen molar-refractivity contribution in [1.82, 2.24) is 9.97 Å². The van der Waals surface area contributed by atoms with Gasteiger partial charge < -0.3 is 10.6 Å². The average molecular weight is 222 g/mol. The maximum atomic E-state index is 5.77. The van der Waals surface area contributed by atoms with E-state index in [-0.39, 0.29) is 5.41 Å². The van der Waals surface area contributed by atoms with Crippen LogP contribution in [0.2, 0.25) is 0 Å². The predicted molar refractivity (Wildman–Crippen MR) is 67.4 cm³/mol. The van der Waals surface area contributed by atoms with Crippen molar-refractivity contribution >= 4 is 5.82 Å². The third-order valence-corrected chi connectivity index (χ3v) is 2.56. The lowest BCUT2D eigenvalue weighted by molar-refractivity contribution is 0.376. The Kier molecular flexibility index (Phi) is 4.68. The molecular weight excluding hydrogens is 200 g/mol. The molecule has 1 heterocycles. The van der Waals surface area contributed by atoms with Crippen molar-refractivity contribution in [2.75, 3.05) is 24.5 Å². The van der Waals surface area contributed by atoms with Gasteiger partial charge in [0.05, 0.1) is 0 Å². The van der Waals surface area contributed by atoms with E-state index in [9.17, 15) is 0 Å². The molecule has 4 heteroatoms. The molecule has 0 saturated carbocycles. The molecule has 0 aromatic carbocycles. The maximum Gasteiger partial charge on any atom is 0.131 e. The summed E-state index contributed by atoms with van der Waals surface area (Å²) in [4.78, 5) is 10.5. The molecule has 1 aromatic heterocycles. The predicted octanol–water partition coefficient (Wildman–Crippen LogP) is 1.68. The fourth-order valence-corrected chi connectivity index (χ4v) is 1.60. The molecule has 0 unspecified atom stereocenters. The summed E-state index contributed by atoms with van der Waals surface area (Å²) in [5, 5.41) is 0. The quantitative estimate of drug-likeness (QED) is 0.795. The minimum Gasteiger partial charge on any atom is -0.356 e. The second-order valence-corrected chi connectivity index (χ2v) is 4.86. The first kappa shape index (κ1) is 12.9. The Balaban J connectivity index is 2.76. The molecule has 90 valence electrons. The van der Waals surface area contributed by atoms with Crippen LogP contribution in [0.4, 0.5) is 5.82 Å². The van der Waals surface area contributed by atoms with Crippen molar-refractivity contribution in [3.8, 4) is 0 Å². The number of rotatable bonds is 6. The number of aromatic nitrogens is 2. The summed E-state index contributed by atoms with van der Waals surface area (Å²) < 4.78 is 0. The van der Waals surface area contributed by atoms with Crippen molar-refractivity contribution in [2.24, 2.45) is 11.1 Å². The van der Waals surface area contributed by atoms with Gasteiger partial charge in [-0.05, 0) is 24.4 Å². The van der Waals surface area contributed by atoms with Gasteiger partial charge in [0.15, 0.2) is 0 Å². The highest BCUT2D eigenvalue weighted by atomic mass is 15.2. The summed E-state index contributed by atoms with van der Waals surface area (Å²) in [6, 6.07) is 1.95. The summed E-state index contributed by atoms with van der Waals surface area (Å²) in [6.45, 7) is 9.13. The molecule has 1 aromatic rings. The zero-order valence-electron chi connectivity index (χ0n) is 10.5. The van der Waals surface area contributed by atoms with Crippen LogP contribution in [0.15, 0.2) is 18.6 Å². The van der Waals surface area contributed by atoms with Crippen molar-refractivity contribution in [2.45, 2.75) is 27.2 Å². The fourth-order valence-electron chi connectivity index (χ4n) is 1.60. The van der Waals surface area contributed by atoms with E-state index in [1.165, 1.54) is 0 Å². The molecular formula is C12H22N4. The number of hydrogen-bond acceptors (Lipinski definition) is 4. The molecule has 0 spiro atoms. The van der Waals surface area contributed by atoms with Gasteiger partial charge in [0.1, 0.15) is 12.1 Å². The molecule has 0 aliphatic rings. The Morgan fingerprint density at radius 2 is 2.19 bits per heavy atom. The van der Waals surface area contributed by atoms with Gasteiger partial charge in [0.25, 0.3) is 0 Å². The van der Waals surface area contributed by atoms with Crippen LogP contribution in [0.3, 0.4) is 0 Å². The molecule has 0 bridgehead atoms. The smallest absolute Gasteiger partial charge is 0.131 e. The highest BCUT2D eigenvalue weighted by molar-refractivity contribution is 5.36. The highest BCUT2D eigenvalue weighted by Gasteiger charge is 2.20. The van der Waals surface area contributed by atoms with Crippen LogP contribution in [-0.4, -0.2) is 29.6 Å². The van der Waals surface area contributed by atoms with Crippen molar-refractivity contribution in [3.05, 3.63) is 18.6 Å². The van der Waals surface area contributed by atoms with E-state index >= 15 is 0 Å². The Labute approximate surface area is 97.9 Å². The van der Waals surface area contributed by atoms with Crippen LogP contribution >= 0.6 is 0 Å². The topological polar surface area (TPSA) is 55.0 Å². The maximum absolute atomic E-state index is 5.77. The molecule has 0 amide bonds. The third-order valence-electron chi connectivity index (χ3n) is 2.56. The molecule has 2 N–H and O–H groups in total. The normalized spacial score (nSPS) is 11.5. The second-order valence-electron chi connectivity index (χ2n) is 4.86. The number of anilines is 1. The van der Waals surface area contributed by atoms with Crippen LogP contribution in [0.1, 0.15) is 27.2 Å². The van der Waals surface area contributed by atoms with Gasteiger partial charge in [-0.15, -0.1) is 0 Å². The molecule has 0 saturated heterocycles. The largest absolute Gasteiger partial charge is 0.356 e. The van der Waals surface area contributed by atoms with Crippen LogP contribution in [0, 0.1) is 5.41 Å².